The molecular formula is C17H15ClN2O4. The molecule has 0 aliphatic rings. The maximum absolute atomic E-state index is 10.7. The first-order valence-corrected chi connectivity index (χ1v) is 7.75. The van der Waals surface area contributed by atoms with Gasteiger partial charge in [0.2, 0.25) is 0 Å². The summed E-state index contributed by atoms with van der Waals surface area (Å²) in [5, 5.41) is 12.5. The van der Waals surface area contributed by atoms with Gasteiger partial charge in [0.25, 0.3) is 6.01 Å². The van der Waals surface area contributed by atoms with Crippen molar-refractivity contribution in [3.63, 3.8) is 0 Å². The normalized spacial score (nSPS) is 10.8. The number of ether oxygens (including phenoxy) is 1. The number of fused-ring (bicyclic) bond motifs is 1. The number of oxazole rings is 1. The Kier molecular flexibility index (Phi) is 4.57. The first kappa shape index (κ1) is 16.1. The molecule has 24 heavy (non-hydrogen) atoms. The molecule has 124 valence electrons. The van der Waals surface area contributed by atoms with Crippen molar-refractivity contribution in [3.8, 4) is 5.75 Å². The van der Waals surface area contributed by atoms with Crippen LogP contribution in [-0.2, 0) is 13.0 Å². The summed E-state index contributed by atoms with van der Waals surface area (Å²) < 4.78 is 10.5. The molecule has 1 aromatic heterocycles. The average molecular weight is 347 g/mol. The molecule has 2 N–H and O–H groups in total. The molecule has 0 aliphatic heterocycles. The van der Waals surface area contributed by atoms with Gasteiger partial charge in [-0.1, -0.05) is 30.7 Å². The first-order valence-electron chi connectivity index (χ1n) is 7.37. The number of hydrogen-bond donors (Lipinski definition) is 2. The molecule has 0 radical (unpaired) electrons. The molecule has 6 nitrogen and oxygen atoms in total. The molecule has 0 amide bonds. The van der Waals surface area contributed by atoms with Gasteiger partial charge in [0, 0.05) is 23.2 Å². The standard InChI is InChI=1S/C17H15ClN2O4/c1-2-11-7-13(23-17(21)22)8-14-15(11)24-16(20-14)19-9-10-4-3-5-12(18)6-10/h3-8H,2,9H2,1H3,(H,19,20)(H,21,22). The van der Waals surface area contributed by atoms with Gasteiger partial charge in [-0.3, -0.25) is 0 Å². The van der Waals surface area contributed by atoms with Crippen LogP contribution in [0.15, 0.2) is 40.8 Å². The van der Waals surface area contributed by atoms with E-state index in [0.29, 0.717) is 35.1 Å². The second-order valence-corrected chi connectivity index (χ2v) is 5.59. The van der Waals surface area contributed by atoms with Crippen molar-refractivity contribution in [1.82, 2.24) is 4.98 Å². The maximum atomic E-state index is 10.7. The molecule has 1 heterocycles. The summed E-state index contributed by atoms with van der Waals surface area (Å²) in [4.78, 5) is 15.1. The molecule has 7 heteroatoms. The van der Waals surface area contributed by atoms with E-state index in [0.717, 1.165) is 11.1 Å². The van der Waals surface area contributed by atoms with Crippen molar-refractivity contribution in [1.29, 1.82) is 0 Å². The Morgan fingerprint density at radius 3 is 2.92 bits per heavy atom. The SMILES string of the molecule is CCc1cc(OC(=O)O)cc2nc(NCc3cccc(Cl)c3)oc12. The Hall–Kier alpha value is -2.73. The lowest BCUT2D eigenvalue weighted by Crippen LogP contribution is -2.03. The van der Waals surface area contributed by atoms with E-state index < -0.39 is 6.16 Å². The van der Waals surface area contributed by atoms with Gasteiger partial charge >= 0.3 is 6.16 Å². The number of aryl methyl sites for hydroxylation is 1. The third-order valence-electron chi connectivity index (χ3n) is 3.46. The van der Waals surface area contributed by atoms with Crippen LogP contribution in [0.3, 0.4) is 0 Å². The van der Waals surface area contributed by atoms with Gasteiger partial charge in [-0.25, -0.2) is 4.79 Å². The largest absolute Gasteiger partial charge is 0.511 e. The van der Waals surface area contributed by atoms with E-state index in [9.17, 15) is 4.79 Å². The Morgan fingerprint density at radius 1 is 1.38 bits per heavy atom. The van der Waals surface area contributed by atoms with Crippen molar-refractivity contribution in [3.05, 3.63) is 52.5 Å². The number of nitrogens with one attached hydrogen (secondary N) is 1. The van der Waals surface area contributed by atoms with Crippen molar-refractivity contribution >= 4 is 34.9 Å². The number of carbonyl (C=O) groups is 1. The fourth-order valence-corrected chi connectivity index (χ4v) is 2.61. The molecular weight excluding hydrogens is 332 g/mol. The molecule has 2 aromatic carbocycles. The minimum Gasteiger partial charge on any atom is -0.449 e. The number of anilines is 1. The Labute approximate surface area is 143 Å². The molecule has 0 atom stereocenters. The van der Waals surface area contributed by atoms with Crippen LogP contribution in [-0.4, -0.2) is 16.2 Å². The molecule has 3 rings (SSSR count). The molecule has 0 unspecified atom stereocenters. The number of nitrogens with zero attached hydrogens (tertiary/aromatic N) is 1. The van der Waals surface area contributed by atoms with Crippen LogP contribution < -0.4 is 10.1 Å². The predicted molar refractivity (Wildman–Crippen MR) is 90.8 cm³/mol. The highest BCUT2D eigenvalue weighted by molar-refractivity contribution is 6.30. The van der Waals surface area contributed by atoms with Crippen molar-refractivity contribution in [2.24, 2.45) is 0 Å². The lowest BCUT2D eigenvalue weighted by molar-refractivity contribution is 0.144. The van der Waals surface area contributed by atoms with Gasteiger partial charge in [0.05, 0.1) is 0 Å². The fraction of sp³-hybridized carbons (Fsp3) is 0.176. The Balaban J connectivity index is 1.85. The van der Waals surface area contributed by atoms with Crippen molar-refractivity contribution in [2.45, 2.75) is 19.9 Å². The zero-order chi connectivity index (χ0) is 17.1. The first-order chi connectivity index (χ1) is 11.5. The highest BCUT2D eigenvalue weighted by Gasteiger charge is 2.13. The van der Waals surface area contributed by atoms with Gasteiger partial charge in [-0.05, 0) is 30.2 Å². The molecule has 0 aliphatic carbocycles. The van der Waals surface area contributed by atoms with Crippen LogP contribution in [0.4, 0.5) is 10.8 Å². The summed E-state index contributed by atoms with van der Waals surface area (Å²) >= 11 is 5.96. The second kappa shape index (κ2) is 6.80. The molecule has 3 aromatic rings. The molecule has 0 spiro atoms. The van der Waals surface area contributed by atoms with Crippen molar-refractivity contribution < 1.29 is 19.1 Å². The maximum Gasteiger partial charge on any atom is 0.511 e. The molecule has 0 saturated carbocycles. The van der Waals surface area contributed by atoms with Crippen LogP contribution in [0.25, 0.3) is 11.1 Å². The van der Waals surface area contributed by atoms with Crippen molar-refractivity contribution in [2.75, 3.05) is 5.32 Å². The van der Waals surface area contributed by atoms with Gasteiger partial charge in [0.1, 0.15) is 11.3 Å². The van der Waals surface area contributed by atoms with Crippen LogP contribution in [0, 0.1) is 0 Å². The minimum atomic E-state index is -1.36. The summed E-state index contributed by atoms with van der Waals surface area (Å²) in [5.41, 5.74) is 2.98. The second-order valence-electron chi connectivity index (χ2n) is 5.15. The van der Waals surface area contributed by atoms with Crippen LogP contribution in [0.5, 0.6) is 5.75 Å². The molecule has 0 bridgehead atoms. The van der Waals surface area contributed by atoms with Gasteiger partial charge in [-0.2, -0.15) is 4.98 Å². The van der Waals surface area contributed by atoms with E-state index in [-0.39, 0.29) is 5.75 Å². The van der Waals surface area contributed by atoms with Gasteiger partial charge in [-0.15, -0.1) is 0 Å². The van der Waals surface area contributed by atoms with E-state index in [2.05, 4.69) is 10.3 Å². The van der Waals surface area contributed by atoms with Crippen LogP contribution in [0.1, 0.15) is 18.1 Å². The predicted octanol–water partition coefficient (Wildman–Crippen LogP) is 4.71. The van der Waals surface area contributed by atoms with Crippen LogP contribution in [0.2, 0.25) is 5.02 Å². The summed E-state index contributed by atoms with van der Waals surface area (Å²) in [6.45, 7) is 2.45. The topological polar surface area (TPSA) is 84.6 Å². The van der Waals surface area contributed by atoms with E-state index >= 15 is 0 Å². The number of halogens is 1. The van der Waals surface area contributed by atoms with Gasteiger partial charge in [0.15, 0.2) is 5.58 Å². The number of carboxylic acid groups (broad SMARTS) is 1. The third kappa shape index (κ3) is 3.60. The lowest BCUT2D eigenvalue weighted by Gasteiger charge is -2.03. The zero-order valence-electron chi connectivity index (χ0n) is 12.9. The smallest absolute Gasteiger partial charge is 0.449 e. The Bertz CT molecular complexity index is 891. The number of benzene rings is 2. The highest BCUT2D eigenvalue weighted by Crippen LogP contribution is 2.28. The summed E-state index contributed by atoms with van der Waals surface area (Å²) in [5.74, 6) is 0.224. The fourth-order valence-electron chi connectivity index (χ4n) is 2.40. The van der Waals surface area contributed by atoms with E-state index in [1.807, 2.05) is 31.2 Å². The lowest BCUT2D eigenvalue weighted by atomic mass is 10.1. The van der Waals surface area contributed by atoms with Crippen LogP contribution >= 0.6 is 11.6 Å². The molecule has 0 saturated heterocycles. The summed E-state index contributed by atoms with van der Waals surface area (Å²) in [6.07, 6.45) is -0.699. The Morgan fingerprint density at radius 2 is 2.21 bits per heavy atom. The third-order valence-corrected chi connectivity index (χ3v) is 3.69. The van der Waals surface area contributed by atoms with E-state index in [1.54, 1.807) is 6.07 Å². The van der Waals surface area contributed by atoms with Gasteiger partial charge < -0.3 is 19.6 Å². The monoisotopic (exact) mass is 346 g/mol. The minimum absolute atomic E-state index is 0.224. The summed E-state index contributed by atoms with van der Waals surface area (Å²) in [7, 11) is 0. The highest BCUT2D eigenvalue weighted by atomic mass is 35.5. The van der Waals surface area contributed by atoms with E-state index in [4.69, 9.17) is 25.9 Å². The zero-order valence-corrected chi connectivity index (χ0v) is 13.6. The number of hydrogen-bond acceptors (Lipinski definition) is 5. The average Bonchev–Trinajstić information content (AvgIpc) is 2.94. The van der Waals surface area contributed by atoms with E-state index in [1.165, 1.54) is 6.07 Å². The summed E-state index contributed by atoms with van der Waals surface area (Å²) in [6, 6.07) is 11.0. The quantitative estimate of drug-likeness (QED) is 0.514. The molecule has 0 fully saturated rings. The number of rotatable bonds is 5. The number of aromatic nitrogens is 1.